The van der Waals surface area contributed by atoms with Crippen LogP contribution >= 0.6 is 11.6 Å². The van der Waals surface area contributed by atoms with Gasteiger partial charge in [-0.2, -0.15) is 13.2 Å². The number of benzene rings is 1. The van der Waals surface area contributed by atoms with Crippen LogP contribution in [0.3, 0.4) is 0 Å². The Balaban J connectivity index is 1.80. The van der Waals surface area contributed by atoms with Crippen molar-refractivity contribution < 1.29 is 22.8 Å². The van der Waals surface area contributed by atoms with E-state index in [2.05, 4.69) is 17.6 Å². The molecule has 1 fully saturated rings. The lowest BCUT2D eigenvalue weighted by molar-refractivity contribution is -0.137. The zero-order chi connectivity index (χ0) is 21.4. The molecule has 162 valence electrons. The van der Waals surface area contributed by atoms with E-state index in [4.69, 9.17) is 11.6 Å². The zero-order valence-corrected chi connectivity index (χ0v) is 17.1. The lowest BCUT2D eigenvalue weighted by atomic mass is 10.1. The molecule has 29 heavy (non-hydrogen) atoms. The molecule has 0 aromatic heterocycles. The lowest BCUT2D eigenvalue weighted by Crippen LogP contribution is -2.51. The van der Waals surface area contributed by atoms with Crippen LogP contribution in [-0.2, 0) is 15.8 Å². The van der Waals surface area contributed by atoms with Gasteiger partial charge in [-0.05, 0) is 24.6 Å². The molecule has 0 spiro atoms. The molecule has 6 nitrogen and oxygen atoms in total. The number of alkyl halides is 3. The van der Waals surface area contributed by atoms with Gasteiger partial charge < -0.3 is 10.6 Å². The van der Waals surface area contributed by atoms with Crippen molar-refractivity contribution in [2.45, 2.75) is 25.9 Å². The molecular weight excluding hydrogens is 409 g/mol. The van der Waals surface area contributed by atoms with Crippen LogP contribution in [0.4, 0.5) is 18.9 Å². The molecule has 2 amide bonds. The molecule has 2 N–H and O–H groups in total. The Kier molecular flexibility index (Phi) is 8.73. The second kappa shape index (κ2) is 10.8. The standard InChI is InChI=1S/C19H26ClF3N4O2/c1-2-3-6-24-17(28)12-26-7-9-27(10-8-26)13-18(29)25-16-5-4-14(20)11-15(16)19(21,22)23/h4-5,11H,2-3,6-10,12-13H2,1H3,(H,24,28)(H,25,29). The molecule has 1 aliphatic heterocycles. The second-order valence-electron chi connectivity index (χ2n) is 6.99. The Bertz CT molecular complexity index is 707. The van der Waals surface area contributed by atoms with Gasteiger partial charge in [-0.1, -0.05) is 24.9 Å². The van der Waals surface area contributed by atoms with E-state index in [-0.39, 0.29) is 23.2 Å². The molecule has 0 saturated carbocycles. The van der Waals surface area contributed by atoms with Crippen LogP contribution < -0.4 is 10.6 Å². The van der Waals surface area contributed by atoms with E-state index in [1.54, 1.807) is 0 Å². The van der Waals surface area contributed by atoms with Crippen LogP contribution in [0.15, 0.2) is 18.2 Å². The van der Waals surface area contributed by atoms with Crippen molar-refractivity contribution in [3.05, 3.63) is 28.8 Å². The van der Waals surface area contributed by atoms with Gasteiger partial charge in [0.25, 0.3) is 0 Å². The predicted octanol–water partition coefficient (Wildman–Crippen LogP) is 2.83. The topological polar surface area (TPSA) is 64.7 Å². The Morgan fingerprint density at radius 1 is 1.07 bits per heavy atom. The van der Waals surface area contributed by atoms with Crippen molar-refractivity contribution in [1.29, 1.82) is 0 Å². The first-order valence-corrected chi connectivity index (χ1v) is 9.95. The van der Waals surface area contributed by atoms with Crippen molar-refractivity contribution in [1.82, 2.24) is 15.1 Å². The maximum atomic E-state index is 13.1. The van der Waals surface area contributed by atoms with Crippen LogP contribution in [0, 0.1) is 0 Å². The molecule has 1 heterocycles. The number of piperazine rings is 1. The second-order valence-corrected chi connectivity index (χ2v) is 7.43. The Labute approximate surface area is 173 Å². The van der Waals surface area contributed by atoms with Gasteiger partial charge in [0.1, 0.15) is 0 Å². The Morgan fingerprint density at radius 2 is 1.66 bits per heavy atom. The summed E-state index contributed by atoms with van der Waals surface area (Å²) in [6.07, 6.45) is -2.66. The highest BCUT2D eigenvalue weighted by Crippen LogP contribution is 2.36. The predicted molar refractivity (Wildman–Crippen MR) is 106 cm³/mol. The zero-order valence-electron chi connectivity index (χ0n) is 16.3. The lowest BCUT2D eigenvalue weighted by Gasteiger charge is -2.33. The monoisotopic (exact) mass is 434 g/mol. The number of amides is 2. The fourth-order valence-electron chi connectivity index (χ4n) is 3.02. The number of hydrogen-bond acceptors (Lipinski definition) is 4. The average molecular weight is 435 g/mol. The Hall–Kier alpha value is -1.84. The quantitative estimate of drug-likeness (QED) is 0.617. The van der Waals surface area contributed by atoms with Gasteiger partial charge in [0.15, 0.2) is 0 Å². The summed E-state index contributed by atoms with van der Waals surface area (Å²) in [4.78, 5) is 27.9. The molecule has 0 bridgehead atoms. The van der Waals surface area contributed by atoms with Gasteiger partial charge in [-0.3, -0.25) is 19.4 Å². The van der Waals surface area contributed by atoms with E-state index in [0.29, 0.717) is 39.3 Å². The van der Waals surface area contributed by atoms with Crippen LogP contribution in [-0.4, -0.2) is 67.4 Å². The number of nitrogens with zero attached hydrogens (tertiary/aromatic N) is 2. The van der Waals surface area contributed by atoms with E-state index in [1.165, 1.54) is 6.07 Å². The fourth-order valence-corrected chi connectivity index (χ4v) is 3.19. The molecule has 2 rings (SSSR count). The van der Waals surface area contributed by atoms with Crippen molar-refractivity contribution in [2.75, 3.05) is 51.1 Å². The van der Waals surface area contributed by atoms with Gasteiger partial charge in [-0.25, -0.2) is 0 Å². The smallest absolute Gasteiger partial charge is 0.355 e. The van der Waals surface area contributed by atoms with Crippen LogP contribution in [0.2, 0.25) is 5.02 Å². The third-order valence-corrected chi connectivity index (χ3v) is 4.85. The van der Waals surface area contributed by atoms with E-state index in [9.17, 15) is 22.8 Å². The minimum atomic E-state index is -4.61. The van der Waals surface area contributed by atoms with Crippen molar-refractivity contribution in [3.8, 4) is 0 Å². The summed E-state index contributed by atoms with van der Waals surface area (Å²) < 4.78 is 39.4. The van der Waals surface area contributed by atoms with Gasteiger partial charge in [0.05, 0.1) is 24.3 Å². The molecule has 0 unspecified atom stereocenters. The number of nitrogens with one attached hydrogen (secondary N) is 2. The normalized spacial score (nSPS) is 15.9. The molecular formula is C19H26ClF3N4O2. The average Bonchev–Trinajstić information content (AvgIpc) is 2.64. The summed E-state index contributed by atoms with van der Waals surface area (Å²) in [5.41, 5.74) is -1.29. The highest BCUT2D eigenvalue weighted by molar-refractivity contribution is 6.30. The van der Waals surface area contributed by atoms with Gasteiger partial charge >= 0.3 is 6.18 Å². The van der Waals surface area contributed by atoms with E-state index < -0.39 is 17.6 Å². The Morgan fingerprint density at radius 3 is 2.21 bits per heavy atom. The molecule has 0 aliphatic carbocycles. The summed E-state index contributed by atoms with van der Waals surface area (Å²) >= 11 is 5.65. The first kappa shape index (κ1) is 23.4. The van der Waals surface area contributed by atoms with Gasteiger partial charge in [0.2, 0.25) is 11.8 Å². The molecule has 10 heteroatoms. The van der Waals surface area contributed by atoms with Crippen LogP contribution in [0.1, 0.15) is 25.3 Å². The molecule has 0 atom stereocenters. The largest absolute Gasteiger partial charge is 0.418 e. The van der Waals surface area contributed by atoms with E-state index >= 15 is 0 Å². The van der Waals surface area contributed by atoms with E-state index in [0.717, 1.165) is 25.0 Å². The van der Waals surface area contributed by atoms with Crippen molar-refractivity contribution >= 4 is 29.1 Å². The van der Waals surface area contributed by atoms with Gasteiger partial charge in [0, 0.05) is 37.7 Å². The highest BCUT2D eigenvalue weighted by atomic mass is 35.5. The fraction of sp³-hybridized carbons (Fsp3) is 0.579. The number of halogens is 4. The number of unbranched alkanes of at least 4 members (excludes halogenated alkanes) is 1. The molecule has 1 aliphatic rings. The number of anilines is 1. The SMILES string of the molecule is CCCCNC(=O)CN1CCN(CC(=O)Nc2ccc(Cl)cc2C(F)(F)F)CC1. The van der Waals surface area contributed by atoms with Crippen molar-refractivity contribution in [2.24, 2.45) is 0 Å². The van der Waals surface area contributed by atoms with Crippen LogP contribution in [0.25, 0.3) is 0 Å². The third-order valence-electron chi connectivity index (χ3n) is 4.61. The third kappa shape index (κ3) is 7.83. The van der Waals surface area contributed by atoms with Crippen molar-refractivity contribution in [3.63, 3.8) is 0 Å². The molecule has 1 aromatic rings. The maximum Gasteiger partial charge on any atom is 0.418 e. The minimum Gasteiger partial charge on any atom is -0.355 e. The summed E-state index contributed by atoms with van der Waals surface area (Å²) in [6.45, 7) is 5.36. The number of rotatable bonds is 8. The number of hydrogen-bond donors (Lipinski definition) is 2. The summed E-state index contributed by atoms with van der Waals surface area (Å²) in [6, 6.07) is 3.25. The molecule has 0 radical (unpaired) electrons. The minimum absolute atomic E-state index is 0.0174. The number of carbonyl (C=O) groups is 2. The highest BCUT2D eigenvalue weighted by Gasteiger charge is 2.34. The number of carbonyl (C=O) groups excluding carboxylic acids is 2. The summed E-state index contributed by atoms with van der Waals surface area (Å²) in [5.74, 6) is -0.546. The maximum absolute atomic E-state index is 13.1. The van der Waals surface area contributed by atoms with Crippen LogP contribution in [0.5, 0.6) is 0 Å². The van der Waals surface area contributed by atoms with Gasteiger partial charge in [-0.15, -0.1) is 0 Å². The molecule has 1 aromatic carbocycles. The first-order chi connectivity index (χ1) is 13.7. The summed E-state index contributed by atoms with van der Waals surface area (Å²) in [5, 5.41) is 5.14. The molecule has 1 saturated heterocycles. The van der Waals surface area contributed by atoms with E-state index in [1.807, 2.05) is 9.80 Å². The first-order valence-electron chi connectivity index (χ1n) is 9.57. The summed E-state index contributed by atoms with van der Waals surface area (Å²) in [7, 11) is 0.